The van der Waals surface area contributed by atoms with Crippen LogP contribution in [0, 0.1) is 6.92 Å². The monoisotopic (exact) mass is 257 g/mol. The van der Waals surface area contributed by atoms with E-state index in [1.807, 2.05) is 43.3 Å². The minimum atomic E-state index is 0.337. The number of aryl methyl sites for hydroxylation is 1. The molecule has 0 saturated carbocycles. The van der Waals surface area contributed by atoms with Crippen molar-refractivity contribution in [3.63, 3.8) is 0 Å². The van der Waals surface area contributed by atoms with E-state index in [2.05, 4.69) is 5.32 Å². The lowest BCUT2D eigenvalue weighted by molar-refractivity contribution is 0.414. The fourth-order valence-electron chi connectivity index (χ4n) is 1.98. The van der Waals surface area contributed by atoms with Gasteiger partial charge in [0, 0.05) is 18.7 Å². The van der Waals surface area contributed by atoms with Crippen LogP contribution in [0.2, 0.25) is 0 Å². The Bertz CT molecular complexity index is 552. The Morgan fingerprint density at radius 1 is 1.11 bits per heavy atom. The third-order valence-corrected chi connectivity index (χ3v) is 3.01. The SMILES string of the molecule is COc1cccc(CNCc2cc(C)ccc2O)c1. The number of ether oxygens (including phenoxy) is 1. The van der Waals surface area contributed by atoms with Crippen LogP contribution >= 0.6 is 0 Å². The summed E-state index contributed by atoms with van der Waals surface area (Å²) < 4.78 is 5.19. The maximum atomic E-state index is 9.75. The molecule has 0 heterocycles. The van der Waals surface area contributed by atoms with E-state index < -0.39 is 0 Å². The number of rotatable bonds is 5. The zero-order valence-electron chi connectivity index (χ0n) is 11.3. The molecule has 0 unspecified atom stereocenters. The van der Waals surface area contributed by atoms with Crippen molar-refractivity contribution in [2.45, 2.75) is 20.0 Å². The van der Waals surface area contributed by atoms with Gasteiger partial charge in [-0.15, -0.1) is 0 Å². The molecule has 0 atom stereocenters. The summed E-state index contributed by atoms with van der Waals surface area (Å²) in [5.41, 5.74) is 3.23. The summed E-state index contributed by atoms with van der Waals surface area (Å²) in [5.74, 6) is 1.20. The quantitative estimate of drug-likeness (QED) is 0.865. The highest BCUT2D eigenvalue weighted by Gasteiger charge is 2.01. The predicted molar refractivity (Wildman–Crippen MR) is 76.4 cm³/mol. The molecular formula is C16H19NO2. The Balaban J connectivity index is 1.94. The normalized spacial score (nSPS) is 10.4. The molecule has 2 rings (SSSR count). The van der Waals surface area contributed by atoms with Crippen molar-refractivity contribution in [2.75, 3.05) is 7.11 Å². The van der Waals surface area contributed by atoms with Crippen molar-refractivity contribution in [2.24, 2.45) is 0 Å². The van der Waals surface area contributed by atoms with Gasteiger partial charge in [-0.1, -0.05) is 29.8 Å². The van der Waals surface area contributed by atoms with Crippen molar-refractivity contribution >= 4 is 0 Å². The Labute approximate surface area is 113 Å². The number of methoxy groups -OCH3 is 1. The summed E-state index contributed by atoms with van der Waals surface area (Å²) in [5, 5.41) is 13.1. The van der Waals surface area contributed by atoms with E-state index in [0.717, 1.165) is 29.0 Å². The second-order valence-electron chi connectivity index (χ2n) is 4.59. The fraction of sp³-hybridized carbons (Fsp3) is 0.250. The Kier molecular flexibility index (Phi) is 4.42. The number of aromatic hydroxyl groups is 1. The smallest absolute Gasteiger partial charge is 0.120 e. The molecule has 2 aromatic carbocycles. The molecular weight excluding hydrogens is 238 g/mol. The van der Waals surface area contributed by atoms with Crippen molar-refractivity contribution in [3.05, 3.63) is 59.2 Å². The maximum Gasteiger partial charge on any atom is 0.120 e. The number of hydrogen-bond acceptors (Lipinski definition) is 3. The number of nitrogens with one attached hydrogen (secondary N) is 1. The summed E-state index contributed by atoms with van der Waals surface area (Å²) in [7, 11) is 1.66. The van der Waals surface area contributed by atoms with Gasteiger partial charge in [-0.05, 0) is 30.7 Å². The van der Waals surface area contributed by atoms with Gasteiger partial charge in [0.15, 0.2) is 0 Å². The Hall–Kier alpha value is -2.00. The van der Waals surface area contributed by atoms with E-state index in [1.54, 1.807) is 13.2 Å². The highest BCUT2D eigenvalue weighted by Crippen LogP contribution is 2.18. The molecule has 3 heteroatoms. The lowest BCUT2D eigenvalue weighted by Gasteiger charge is -2.09. The minimum Gasteiger partial charge on any atom is -0.508 e. The van der Waals surface area contributed by atoms with Crippen LogP contribution < -0.4 is 10.1 Å². The second-order valence-corrected chi connectivity index (χ2v) is 4.59. The predicted octanol–water partition coefficient (Wildman–Crippen LogP) is 3.00. The largest absolute Gasteiger partial charge is 0.508 e. The standard InChI is InChI=1S/C16H19NO2/c1-12-6-7-16(18)14(8-12)11-17-10-13-4-3-5-15(9-13)19-2/h3-9,17-18H,10-11H2,1-2H3. The summed E-state index contributed by atoms with van der Waals surface area (Å²) in [6.07, 6.45) is 0. The van der Waals surface area contributed by atoms with Crippen molar-refractivity contribution in [1.82, 2.24) is 5.32 Å². The van der Waals surface area contributed by atoms with E-state index in [-0.39, 0.29) is 0 Å². The zero-order valence-corrected chi connectivity index (χ0v) is 11.3. The fourth-order valence-corrected chi connectivity index (χ4v) is 1.98. The molecule has 0 radical (unpaired) electrons. The average Bonchev–Trinajstić information content (AvgIpc) is 2.43. The van der Waals surface area contributed by atoms with Crippen LogP contribution in [0.25, 0.3) is 0 Å². The molecule has 100 valence electrons. The third-order valence-electron chi connectivity index (χ3n) is 3.01. The van der Waals surface area contributed by atoms with Gasteiger partial charge in [0.25, 0.3) is 0 Å². The molecule has 0 bridgehead atoms. The summed E-state index contributed by atoms with van der Waals surface area (Å²) in [4.78, 5) is 0. The Morgan fingerprint density at radius 3 is 2.74 bits per heavy atom. The van der Waals surface area contributed by atoms with Crippen LogP contribution in [-0.2, 0) is 13.1 Å². The second kappa shape index (κ2) is 6.25. The van der Waals surface area contributed by atoms with Gasteiger partial charge in [0.05, 0.1) is 7.11 Å². The molecule has 0 aromatic heterocycles. The van der Waals surface area contributed by atoms with Gasteiger partial charge in [0.2, 0.25) is 0 Å². The van der Waals surface area contributed by atoms with Gasteiger partial charge >= 0.3 is 0 Å². The molecule has 0 aliphatic carbocycles. The third kappa shape index (κ3) is 3.73. The number of phenols is 1. The van der Waals surface area contributed by atoms with Crippen LogP contribution in [-0.4, -0.2) is 12.2 Å². The highest BCUT2D eigenvalue weighted by atomic mass is 16.5. The van der Waals surface area contributed by atoms with Crippen molar-refractivity contribution in [3.8, 4) is 11.5 Å². The molecule has 2 aromatic rings. The lowest BCUT2D eigenvalue weighted by Crippen LogP contribution is -2.12. The summed E-state index contributed by atoms with van der Waals surface area (Å²) in [6, 6.07) is 13.6. The Morgan fingerprint density at radius 2 is 1.95 bits per heavy atom. The van der Waals surface area contributed by atoms with Crippen LogP contribution in [0.5, 0.6) is 11.5 Å². The van der Waals surface area contributed by atoms with Crippen LogP contribution in [0.1, 0.15) is 16.7 Å². The van der Waals surface area contributed by atoms with Crippen molar-refractivity contribution in [1.29, 1.82) is 0 Å². The van der Waals surface area contributed by atoms with Crippen LogP contribution in [0.4, 0.5) is 0 Å². The first-order chi connectivity index (χ1) is 9.19. The molecule has 0 aliphatic heterocycles. The average molecular weight is 257 g/mol. The van der Waals surface area contributed by atoms with Crippen molar-refractivity contribution < 1.29 is 9.84 Å². The molecule has 0 spiro atoms. The number of phenolic OH excluding ortho intramolecular Hbond substituents is 1. The molecule has 0 amide bonds. The molecule has 3 nitrogen and oxygen atoms in total. The van der Waals surface area contributed by atoms with Gasteiger partial charge < -0.3 is 15.2 Å². The topological polar surface area (TPSA) is 41.5 Å². The summed E-state index contributed by atoms with van der Waals surface area (Å²) >= 11 is 0. The van der Waals surface area contributed by atoms with E-state index in [9.17, 15) is 5.11 Å². The summed E-state index contributed by atoms with van der Waals surface area (Å²) in [6.45, 7) is 3.40. The molecule has 19 heavy (non-hydrogen) atoms. The molecule has 0 aliphatic rings. The molecule has 0 saturated heterocycles. The first kappa shape index (κ1) is 13.4. The minimum absolute atomic E-state index is 0.337. The highest BCUT2D eigenvalue weighted by molar-refractivity contribution is 5.35. The first-order valence-corrected chi connectivity index (χ1v) is 6.31. The first-order valence-electron chi connectivity index (χ1n) is 6.31. The van der Waals surface area contributed by atoms with E-state index in [0.29, 0.717) is 12.3 Å². The van der Waals surface area contributed by atoms with Crippen LogP contribution in [0.15, 0.2) is 42.5 Å². The van der Waals surface area contributed by atoms with Gasteiger partial charge in [0.1, 0.15) is 11.5 Å². The van der Waals surface area contributed by atoms with E-state index >= 15 is 0 Å². The van der Waals surface area contributed by atoms with Gasteiger partial charge in [-0.25, -0.2) is 0 Å². The maximum absolute atomic E-state index is 9.75. The van der Waals surface area contributed by atoms with Gasteiger partial charge in [-0.3, -0.25) is 0 Å². The zero-order chi connectivity index (χ0) is 13.7. The van der Waals surface area contributed by atoms with Gasteiger partial charge in [-0.2, -0.15) is 0 Å². The number of hydrogen-bond donors (Lipinski definition) is 2. The molecule has 0 fully saturated rings. The van der Waals surface area contributed by atoms with Crippen LogP contribution in [0.3, 0.4) is 0 Å². The number of benzene rings is 2. The van der Waals surface area contributed by atoms with E-state index in [4.69, 9.17) is 4.74 Å². The molecule has 2 N–H and O–H groups in total. The van der Waals surface area contributed by atoms with E-state index in [1.165, 1.54) is 0 Å². The lowest BCUT2D eigenvalue weighted by atomic mass is 10.1.